The van der Waals surface area contributed by atoms with E-state index in [2.05, 4.69) is 25.7 Å². The Bertz CT molecular complexity index is 233. The van der Waals surface area contributed by atoms with E-state index in [1.165, 1.54) is 0 Å². The van der Waals surface area contributed by atoms with Crippen molar-refractivity contribution in [3.63, 3.8) is 0 Å². The van der Waals surface area contributed by atoms with Gasteiger partial charge in [-0.2, -0.15) is 0 Å². The number of likely N-dealkylation sites (tertiary alicyclic amines) is 1. The normalized spacial score (nSPS) is 23.4. The summed E-state index contributed by atoms with van der Waals surface area (Å²) < 4.78 is 5.70. The van der Waals surface area contributed by atoms with Crippen LogP contribution in [0.2, 0.25) is 0 Å². The van der Waals surface area contributed by atoms with Crippen molar-refractivity contribution >= 4 is 5.78 Å². The third-order valence-corrected chi connectivity index (χ3v) is 3.02. The summed E-state index contributed by atoms with van der Waals surface area (Å²) in [6.07, 6.45) is 2.20. The van der Waals surface area contributed by atoms with E-state index in [0.29, 0.717) is 5.78 Å². The second kappa shape index (κ2) is 5.78. The van der Waals surface area contributed by atoms with Crippen LogP contribution >= 0.6 is 0 Å². The number of rotatable bonds is 4. The van der Waals surface area contributed by atoms with Gasteiger partial charge in [0.25, 0.3) is 0 Å². The third kappa shape index (κ3) is 5.08. The number of piperidine rings is 1. The molecule has 0 spiro atoms. The number of Topliss-reactive ketones (excluding diaryl/α,β-unsaturated/α-hetero) is 1. The molecular weight excluding hydrogens is 202 g/mol. The quantitative estimate of drug-likeness (QED) is 0.736. The maximum Gasteiger partial charge on any atom is 0.134 e. The van der Waals surface area contributed by atoms with Gasteiger partial charge in [0.1, 0.15) is 5.78 Å². The highest BCUT2D eigenvalue weighted by atomic mass is 16.5. The van der Waals surface area contributed by atoms with E-state index in [9.17, 15) is 4.79 Å². The Morgan fingerprint density at radius 2 is 2.12 bits per heavy atom. The molecule has 0 aromatic carbocycles. The Balaban J connectivity index is 2.24. The van der Waals surface area contributed by atoms with Crippen molar-refractivity contribution < 1.29 is 9.53 Å². The van der Waals surface area contributed by atoms with Gasteiger partial charge in [0.2, 0.25) is 0 Å². The lowest BCUT2D eigenvalue weighted by Crippen LogP contribution is -2.40. The van der Waals surface area contributed by atoms with E-state index >= 15 is 0 Å². The van der Waals surface area contributed by atoms with E-state index in [0.717, 1.165) is 39.1 Å². The standard InChI is InChI=1S/C13H25NO2/c1-11(15)12-6-5-7-14(10-12)8-9-16-13(2,3)4/h12H,5-10H2,1-4H3. The van der Waals surface area contributed by atoms with Gasteiger partial charge in [-0.3, -0.25) is 4.79 Å². The fraction of sp³-hybridized carbons (Fsp3) is 0.923. The van der Waals surface area contributed by atoms with Crippen molar-refractivity contribution in [2.75, 3.05) is 26.2 Å². The predicted octanol–water partition coefficient (Wildman–Crippen LogP) is 2.10. The van der Waals surface area contributed by atoms with Gasteiger partial charge in [-0.25, -0.2) is 0 Å². The zero-order valence-electron chi connectivity index (χ0n) is 11.1. The average Bonchev–Trinajstić information content (AvgIpc) is 2.16. The Morgan fingerprint density at radius 1 is 1.44 bits per heavy atom. The maximum absolute atomic E-state index is 11.3. The molecule has 94 valence electrons. The second-order valence-electron chi connectivity index (χ2n) is 5.71. The summed E-state index contributed by atoms with van der Waals surface area (Å²) >= 11 is 0. The molecule has 0 radical (unpaired) electrons. The molecule has 0 saturated carbocycles. The summed E-state index contributed by atoms with van der Waals surface area (Å²) in [5.74, 6) is 0.588. The molecule has 1 saturated heterocycles. The molecule has 1 aliphatic heterocycles. The minimum absolute atomic E-state index is 0.0598. The number of hydrogen-bond donors (Lipinski definition) is 0. The number of carbonyl (C=O) groups is 1. The van der Waals surface area contributed by atoms with Crippen molar-refractivity contribution in [1.29, 1.82) is 0 Å². The van der Waals surface area contributed by atoms with Gasteiger partial charge in [0, 0.05) is 19.0 Å². The van der Waals surface area contributed by atoms with Crippen LogP contribution in [0, 0.1) is 5.92 Å². The van der Waals surface area contributed by atoms with Crippen molar-refractivity contribution in [2.45, 2.75) is 46.1 Å². The van der Waals surface area contributed by atoms with E-state index in [1.807, 2.05) is 0 Å². The summed E-state index contributed by atoms with van der Waals surface area (Å²) in [5, 5.41) is 0. The first-order valence-electron chi connectivity index (χ1n) is 6.25. The lowest BCUT2D eigenvalue weighted by Gasteiger charge is -2.32. The van der Waals surface area contributed by atoms with Crippen LogP contribution in [0.5, 0.6) is 0 Å². The van der Waals surface area contributed by atoms with Crippen molar-refractivity contribution in [2.24, 2.45) is 5.92 Å². The highest BCUT2D eigenvalue weighted by Crippen LogP contribution is 2.17. The fourth-order valence-electron chi connectivity index (χ4n) is 2.07. The van der Waals surface area contributed by atoms with Crippen LogP contribution in [0.15, 0.2) is 0 Å². The minimum Gasteiger partial charge on any atom is -0.375 e. The minimum atomic E-state index is -0.0598. The lowest BCUT2D eigenvalue weighted by molar-refractivity contribution is -0.122. The van der Waals surface area contributed by atoms with Crippen molar-refractivity contribution in [3.8, 4) is 0 Å². The first-order valence-corrected chi connectivity index (χ1v) is 6.25. The smallest absolute Gasteiger partial charge is 0.134 e. The number of hydrogen-bond acceptors (Lipinski definition) is 3. The monoisotopic (exact) mass is 227 g/mol. The maximum atomic E-state index is 11.3. The van der Waals surface area contributed by atoms with E-state index < -0.39 is 0 Å². The number of nitrogens with zero attached hydrogens (tertiary/aromatic N) is 1. The first kappa shape index (κ1) is 13.7. The van der Waals surface area contributed by atoms with Crippen LogP contribution in [0.25, 0.3) is 0 Å². The zero-order valence-corrected chi connectivity index (χ0v) is 11.1. The summed E-state index contributed by atoms with van der Waals surface area (Å²) in [6, 6.07) is 0. The van der Waals surface area contributed by atoms with E-state index in [-0.39, 0.29) is 11.5 Å². The van der Waals surface area contributed by atoms with E-state index in [4.69, 9.17) is 4.74 Å². The molecule has 0 aromatic heterocycles. The molecule has 0 bridgehead atoms. The van der Waals surface area contributed by atoms with Gasteiger partial charge in [-0.05, 0) is 47.1 Å². The third-order valence-electron chi connectivity index (χ3n) is 3.02. The SMILES string of the molecule is CC(=O)C1CCCN(CCOC(C)(C)C)C1. The van der Waals surface area contributed by atoms with Crippen LogP contribution in [0.4, 0.5) is 0 Å². The van der Waals surface area contributed by atoms with Gasteiger partial charge in [-0.1, -0.05) is 0 Å². The van der Waals surface area contributed by atoms with Crippen LogP contribution in [-0.2, 0) is 9.53 Å². The Hall–Kier alpha value is -0.410. The van der Waals surface area contributed by atoms with Crippen molar-refractivity contribution in [3.05, 3.63) is 0 Å². The number of carbonyl (C=O) groups excluding carboxylic acids is 1. The van der Waals surface area contributed by atoms with Gasteiger partial charge >= 0.3 is 0 Å². The summed E-state index contributed by atoms with van der Waals surface area (Å²) in [4.78, 5) is 13.7. The second-order valence-corrected chi connectivity index (χ2v) is 5.71. The molecule has 3 heteroatoms. The molecule has 1 rings (SSSR count). The fourth-order valence-corrected chi connectivity index (χ4v) is 2.07. The average molecular weight is 227 g/mol. The number of ether oxygens (including phenoxy) is 1. The summed E-state index contributed by atoms with van der Waals surface area (Å²) in [6.45, 7) is 11.7. The first-order chi connectivity index (χ1) is 7.38. The molecule has 1 aliphatic rings. The predicted molar refractivity (Wildman–Crippen MR) is 65.6 cm³/mol. The van der Waals surface area contributed by atoms with Crippen LogP contribution in [0.1, 0.15) is 40.5 Å². The largest absolute Gasteiger partial charge is 0.375 e. The van der Waals surface area contributed by atoms with Crippen LogP contribution in [0.3, 0.4) is 0 Å². The molecule has 1 unspecified atom stereocenters. The molecular formula is C13H25NO2. The highest BCUT2D eigenvalue weighted by molar-refractivity contribution is 5.78. The van der Waals surface area contributed by atoms with E-state index in [1.54, 1.807) is 6.92 Å². The highest BCUT2D eigenvalue weighted by Gasteiger charge is 2.23. The molecule has 16 heavy (non-hydrogen) atoms. The molecule has 3 nitrogen and oxygen atoms in total. The Labute approximate surface area is 99.1 Å². The lowest BCUT2D eigenvalue weighted by atomic mass is 9.95. The Morgan fingerprint density at radius 3 is 2.69 bits per heavy atom. The Kier molecular flexibility index (Phi) is 4.93. The van der Waals surface area contributed by atoms with Crippen LogP contribution in [-0.4, -0.2) is 42.5 Å². The molecule has 0 aromatic rings. The number of ketones is 1. The van der Waals surface area contributed by atoms with Crippen LogP contribution < -0.4 is 0 Å². The zero-order chi connectivity index (χ0) is 12.2. The topological polar surface area (TPSA) is 29.5 Å². The molecule has 1 atom stereocenters. The van der Waals surface area contributed by atoms with Gasteiger partial charge < -0.3 is 9.64 Å². The molecule has 1 fully saturated rings. The summed E-state index contributed by atoms with van der Waals surface area (Å²) in [5.41, 5.74) is -0.0598. The molecule has 0 aliphatic carbocycles. The van der Waals surface area contributed by atoms with Gasteiger partial charge in [0.15, 0.2) is 0 Å². The van der Waals surface area contributed by atoms with Gasteiger partial charge in [-0.15, -0.1) is 0 Å². The van der Waals surface area contributed by atoms with Crippen molar-refractivity contribution in [1.82, 2.24) is 4.90 Å². The summed E-state index contributed by atoms with van der Waals surface area (Å²) in [7, 11) is 0. The van der Waals surface area contributed by atoms with Gasteiger partial charge in [0.05, 0.1) is 12.2 Å². The molecule has 0 N–H and O–H groups in total. The molecule has 1 heterocycles. The molecule has 0 amide bonds.